The number of allylic oxidation sites excluding steroid dienone is 2. The lowest BCUT2D eigenvalue weighted by molar-refractivity contribution is -0.144. The first kappa shape index (κ1) is 33.7. The van der Waals surface area contributed by atoms with Crippen molar-refractivity contribution in [2.45, 2.75) is 167 Å². The third-order valence-electron chi connectivity index (χ3n) is 6.69. The Morgan fingerprint density at radius 1 is 0.543 bits per heavy atom. The van der Waals surface area contributed by atoms with Crippen LogP contribution in [0.25, 0.3) is 0 Å². The summed E-state index contributed by atoms with van der Waals surface area (Å²) in [6.45, 7) is 2.84. The van der Waals surface area contributed by atoms with Crippen LogP contribution in [0.1, 0.15) is 167 Å². The lowest BCUT2D eigenvalue weighted by atomic mass is 10.1. The summed E-state index contributed by atoms with van der Waals surface area (Å²) in [5.74, 6) is -0.704. The molecule has 35 heavy (non-hydrogen) atoms. The van der Waals surface area contributed by atoms with Gasteiger partial charge in [-0.1, -0.05) is 122 Å². The number of hydrogen-bond acceptors (Lipinski definition) is 3. The van der Waals surface area contributed by atoms with Crippen LogP contribution in [0.2, 0.25) is 0 Å². The molecule has 0 atom stereocenters. The Bertz CT molecular complexity index is 486. The number of esters is 1. The van der Waals surface area contributed by atoms with E-state index in [2.05, 4.69) is 19.1 Å². The van der Waals surface area contributed by atoms with E-state index in [1.165, 1.54) is 103 Å². The largest absolute Gasteiger partial charge is 0.481 e. The van der Waals surface area contributed by atoms with Gasteiger partial charge in [-0.2, -0.15) is 0 Å². The molecule has 0 saturated carbocycles. The van der Waals surface area contributed by atoms with Crippen LogP contribution >= 0.6 is 0 Å². The molecule has 0 fully saturated rings. The fraction of sp³-hybridized carbons (Fsp3) is 0.871. The quantitative estimate of drug-likeness (QED) is 0.0667. The van der Waals surface area contributed by atoms with Crippen LogP contribution in [0.4, 0.5) is 0 Å². The molecule has 4 heteroatoms. The summed E-state index contributed by atoms with van der Waals surface area (Å²) in [5.41, 5.74) is 0. The molecule has 0 aliphatic heterocycles. The van der Waals surface area contributed by atoms with Gasteiger partial charge in [-0.05, 0) is 44.9 Å². The van der Waals surface area contributed by atoms with Crippen molar-refractivity contribution in [3.05, 3.63) is 12.2 Å². The van der Waals surface area contributed by atoms with Gasteiger partial charge in [-0.3, -0.25) is 9.59 Å². The number of unbranched alkanes of at least 4 members (excludes halogenated alkanes) is 20. The van der Waals surface area contributed by atoms with Crippen molar-refractivity contribution in [2.24, 2.45) is 0 Å². The number of rotatable bonds is 28. The van der Waals surface area contributed by atoms with E-state index < -0.39 is 5.97 Å². The van der Waals surface area contributed by atoms with Crippen molar-refractivity contribution in [1.82, 2.24) is 0 Å². The molecule has 0 amide bonds. The maximum Gasteiger partial charge on any atom is 0.305 e. The fourth-order valence-electron chi connectivity index (χ4n) is 4.39. The zero-order valence-electron chi connectivity index (χ0n) is 23.2. The maximum atomic E-state index is 11.8. The van der Waals surface area contributed by atoms with Crippen molar-refractivity contribution in [3.63, 3.8) is 0 Å². The molecule has 0 heterocycles. The fourth-order valence-corrected chi connectivity index (χ4v) is 4.39. The van der Waals surface area contributed by atoms with Crippen LogP contribution in [-0.2, 0) is 14.3 Å². The molecule has 0 aromatic carbocycles. The van der Waals surface area contributed by atoms with Gasteiger partial charge < -0.3 is 9.84 Å². The van der Waals surface area contributed by atoms with Gasteiger partial charge in [0, 0.05) is 12.8 Å². The highest BCUT2D eigenvalue weighted by Crippen LogP contribution is 2.12. The van der Waals surface area contributed by atoms with E-state index in [-0.39, 0.29) is 5.97 Å². The van der Waals surface area contributed by atoms with Crippen LogP contribution in [0.5, 0.6) is 0 Å². The van der Waals surface area contributed by atoms with E-state index in [1.54, 1.807) is 0 Å². The third kappa shape index (κ3) is 30.6. The molecule has 0 spiro atoms. The minimum atomic E-state index is -0.682. The highest BCUT2D eigenvalue weighted by Gasteiger charge is 2.02. The van der Waals surface area contributed by atoms with E-state index in [0.29, 0.717) is 19.4 Å². The van der Waals surface area contributed by atoms with Gasteiger partial charge in [-0.15, -0.1) is 0 Å². The van der Waals surface area contributed by atoms with Crippen molar-refractivity contribution < 1.29 is 19.4 Å². The van der Waals surface area contributed by atoms with Gasteiger partial charge in [0.15, 0.2) is 0 Å². The molecule has 0 rings (SSSR count). The first-order chi connectivity index (χ1) is 17.2. The van der Waals surface area contributed by atoms with Gasteiger partial charge >= 0.3 is 11.9 Å². The summed E-state index contributed by atoms with van der Waals surface area (Å²) in [6.07, 6.45) is 33.4. The van der Waals surface area contributed by atoms with E-state index in [0.717, 1.165) is 44.9 Å². The Morgan fingerprint density at radius 2 is 0.943 bits per heavy atom. The molecule has 0 bridgehead atoms. The summed E-state index contributed by atoms with van der Waals surface area (Å²) in [4.78, 5) is 22.3. The maximum absolute atomic E-state index is 11.8. The van der Waals surface area contributed by atoms with Crippen molar-refractivity contribution in [1.29, 1.82) is 0 Å². The number of hydrogen-bond donors (Lipinski definition) is 1. The predicted molar refractivity (Wildman–Crippen MR) is 149 cm³/mol. The predicted octanol–water partition coefficient (Wildman–Crippen LogP) is 9.94. The summed E-state index contributed by atoms with van der Waals surface area (Å²) in [5, 5.41) is 8.60. The molecule has 0 aromatic heterocycles. The first-order valence-electron chi connectivity index (χ1n) is 15.2. The van der Waals surface area contributed by atoms with Crippen molar-refractivity contribution in [2.75, 3.05) is 6.61 Å². The second kappa shape index (κ2) is 28.9. The van der Waals surface area contributed by atoms with Crippen LogP contribution in [0, 0.1) is 0 Å². The van der Waals surface area contributed by atoms with Crippen LogP contribution in [-0.4, -0.2) is 23.7 Å². The highest BCUT2D eigenvalue weighted by molar-refractivity contribution is 5.69. The molecular weight excluding hydrogens is 436 g/mol. The van der Waals surface area contributed by atoms with Gasteiger partial charge in [0.1, 0.15) is 0 Å². The van der Waals surface area contributed by atoms with Gasteiger partial charge in [0.05, 0.1) is 6.61 Å². The summed E-state index contributed by atoms with van der Waals surface area (Å²) in [7, 11) is 0. The number of carboxylic acids is 1. The highest BCUT2D eigenvalue weighted by atomic mass is 16.5. The molecule has 0 aliphatic rings. The molecule has 206 valence electrons. The van der Waals surface area contributed by atoms with E-state index in [1.807, 2.05) is 0 Å². The number of carboxylic acid groups (broad SMARTS) is 1. The SMILES string of the molecule is CCCCCCCC/C=C\CCCCCCCC(=O)OCCCCCCCCCCCCC(=O)O. The molecule has 0 aliphatic carbocycles. The average molecular weight is 495 g/mol. The lowest BCUT2D eigenvalue weighted by Gasteiger charge is -2.05. The van der Waals surface area contributed by atoms with Crippen LogP contribution in [0.15, 0.2) is 12.2 Å². The van der Waals surface area contributed by atoms with E-state index >= 15 is 0 Å². The Hall–Kier alpha value is -1.32. The Morgan fingerprint density at radius 3 is 1.43 bits per heavy atom. The zero-order valence-corrected chi connectivity index (χ0v) is 23.2. The minimum absolute atomic E-state index is 0.0227. The van der Waals surface area contributed by atoms with Crippen LogP contribution < -0.4 is 0 Å². The number of aliphatic carboxylic acids is 1. The van der Waals surface area contributed by atoms with Gasteiger partial charge in [0.2, 0.25) is 0 Å². The minimum Gasteiger partial charge on any atom is -0.481 e. The number of carbonyl (C=O) groups is 2. The van der Waals surface area contributed by atoms with E-state index in [4.69, 9.17) is 9.84 Å². The smallest absolute Gasteiger partial charge is 0.305 e. The normalized spacial score (nSPS) is 11.3. The van der Waals surface area contributed by atoms with Crippen molar-refractivity contribution in [3.8, 4) is 0 Å². The monoisotopic (exact) mass is 494 g/mol. The standard InChI is InChI=1S/C31H58O4/c1-2-3-4-5-6-7-8-9-10-11-12-16-19-22-25-28-31(34)35-29-26-23-20-17-14-13-15-18-21-24-27-30(32)33/h9-10H,2-8,11-29H2,1H3,(H,32,33)/b10-9-. The molecule has 0 saturated heterocycles. The molecule has 0 aromatic rings. The lowest BCUT2D eigenvalue weighted by Crippen LogP contribution is -2.05. The average Bonchev–Trinajstić information content (AvgIpc) is 2.84. The molecular formula is C31H58O4. The Balaban J connectivity index is 3.21. The first-order valence-corrected chi connectivity index (χ1v) is 15.2. The van der Waals surface area contributed by atoms with Gasteiger partial charge in [0.25, 0.3) is 0 Å². The molecule has 4 nitrogen and oxygen atoms in total. The second-order valence-corrected chi connectivity index (χ2v) is 10.2. The number of ether oxygens (including phenoxy) is 1. The van der Waals surface area contributed by atoms with Crippen molar-refractivity contribution >= 4 is 11.9 Å². The zero-order chi connectivity index (χ0) is 25.7. The Labute approximate surface area is 217 Å². The molecule has 1 N–H and O–H groups in total. The van der Waals surface area contributed by atoms with E-state index in [9.17, 15) is 9.59 Å². The second-order valence-electron chi connectivity index (χ2n) is 10.2. The van der Waals surface area contributed by atoms with Crippen LogP contribution in [0.3, 0.4) is 0 Å². The third-order valence-corrected chi connectivity index (χ3v) is 6.69. The topological polar surface area (TPSA) is 63.6 Å². The summed E-state index contributed by atoms with van der Waals surface area (Å²) >= 11 is 0. The molecule has 0 unspecified atom stereocenters. The molecule has 0 radical (unpaired) electrons. The van der Waals surface area contributed by atoms with Gasteiger partial charge in [-0.25, -0.2) is 0 Å². The summed E-state index contributed by atoms with van der Waals surface area (Å²) in [6, 6.07) is 0. The Kier molecular flexibility index (Phi) is 27.8. The summed E-state index contributed by atoms with van der Waals surface area (Å²) < 4.78 is 5.37. The number of carbonyl (C=O) groups excluding carboxylic acids is 1.